The van der Waals surface area contributed by atoms with E-state index in [0.29, 0.717) is 18.9 Å². The van der Waals surface area contributed by atoms with Crippen LogP contribution >= 0.6 is 0 Å². The minimum atomic E-state index is -0.605. The highest BCUT2D eigenvalue weighted by molar-refractivity contribution is 5.68. The lowest BCUT2D eigenvalue weighted by molar-refractivity contribution is -0.0199. The van der Waals surface area contributed by atoms with Gasteiger partial charge in [-0.2, -0.15) is 0 Å². The SMILES string of the molecule is CC(C)(C)OC(=O)NC1CCC(NC2CC[C@@H](O)[C@@H](O)C2)CC1. The first kappa shape index (κ1) is 18.5. The first-order valence-corrected chi connectivity index (χ1v) is 8.84. The van der Waals surface area contributed by atoms with Crippen LogP contribution in [-0.4, -0.2) is 52.2 Å². The predicted octanol–water partition coefficient (Wildman–Crippen LogP) is 1.69. The van der Waals surface area contributed by atoms with Crippen molar-refractivity contribution in [2.24, 2.45) is 0 Å². The van der Waals surface area contributed by atoms with Crippen LogP contribution in [0.2, 0.25) is 0 Å². The first-order valence-electron chi connectivity index (χ1n) is 8.84. The van der Waals surface area contributed by atoms with E-state index in [2.05, 4.69) is 10.6 Å². The van der Waals surface area contributed by atoms with Crippen LogP contribution in [0.1, 0.15) is 65.7 Å². The molecule has 2 aliphatic carbocycles. The molecule has 2 fully saturated rings. The molecular weight excluding hydrogens is 296 g/mol. The lowest BCUT2D eigenvalue weighted by Crippen LogP contribution is -2.49. The summed E-state index contributed by atoms with van der Waals surface area (Å²) < 4.78 is 5.29. The van der Waals surface area contributed by atoms with Gasteiger partial charge in [-0.25, -0.2) is 4.79 Å². The Morgan fingerprint density at radius 1 is 0.913 bits per heavy atom. The molecule has 0 aromatic heterocycles. The summed E-state index contributed by atoms with van der Waals surface area (Å²) in [6.45, 7) is 5.59. The van der Waals surface area contributed by atoms with Crippen molar-refractivity contribution in [3.63, 3.8) is 0 Å². The third kappa shape index (κ3) is 6.28. The van der Waals surface area contributed by atoms with Crippen molar-refractivity contribution in [3.05, 3.63) is 0 Å². The summed E-state index contributed by atoms with van der Waals surface area (Å²) in [6, 6.07) is 0.898. The van der Waals surface area contributed by atoms with Gasteiger partial charge < -0.3 is 25.6 Å². The molecule has 0 spiro atoms. The van der Waals surface area contributed by atoms with E-state index < -0.39 is 17.8 Å². The number of carbonyl (C=O) groups excluding carboxylic acids is 1. The number of amides is 1. The normalized spacial score (nSPS) is 35.6. The number of hydrogen-bond donors (Lipinski definition) is 4. The maximum atomic E-state index is 11.8. The highest BCUT2D eigenvalue weighted by atomic mass is 16.6. The van der Waals surface area contributed by atoms with Crippen LogP contribution in [-0.2, 0) is 4.74 Å². The average Bonchev–Trinajstić information content (AvgIpc) is 2.43. The van der Waals surface area contributed by atoms with Crippen LogP contribution in [0, 0.1) is 0 Å². The van der Waals surface area contributed by atoms with Crippen molar-refractivity contribution in [2.75, 3.05) is 0 Å². The Balaban J connectivity index is 1.67. The lowest BCUT2D eigenvalue weighted by atomic mass is 9.87. The summed E-state index contributed by atoms with van der Waals surface area (Å²) in [6.07, 6.45) is 4.58. The lowest BCUT2D eigenvalue weighted by Gasteiger charge is -2.36. The predicted molar refractivity (Wildman–Crippen MR) is 88.2 cm³/mol. The Labute approximate surface area is 139 Å². The highest BCUT2D eigenvalue weighted by Crippen LogP contribution is 2.24. The van der Waals surface area contributed by atoms with Gasteiger partial charge in [0.25, 0.3) is 0 Å². The Bertz CT molecular complexity index is 389. The smallest absolute Gasteiger partial charge is 0.407 e. The zero-order valence-corrected chi connectivity index (χ0v) is 14.5. The van der Waals surface area contributed by atoms with Crippen LogP contribution < -0.4 is 10.6 Å². The molecule has 6 nitrogen and oxygen atoms in total. The van der Waals surface area contributed by atoms with E-state index in [-0.39, 0.29) is 18.2 Å². The molecular formula is C17H32N2O4. The van der Waals surface area contributed by atoms with Crippen molar-refractivity contribution in [1.29, 1.82) is 0 Å². The molecule has 1 amide bonds. The number of aliphatic hydroxyl groups is 2. The fourth-order valence-corrected chi connectivity index (χ4v) is 3.49. The fourth-order valence-electron chi connectivity index (χ4n) is 3.49. The molecule has 0 aromatic carbocycles. The summed E-state index contributed by atoms with van der Waals surface area (Å²) in [5.74, 6) is 0. The molecule has 0 radical (unpaired) electrons. The summed E-state index contributed by atoms with van der Waals surface area (Å²) in [5, 5.41) is 25.9. The second-order valence-corrected chi connectivity index (χ2v) is 8.01. The average molecular weight is 328 g/mol. The number of hydrogen-bond acceptors (Lipinski definition) is 5. The molecule has 2 aliphatic rings. The van der Waals surface area contributed by atoms with Crippen LogP contribution in [0.15, 0.2) is 0 Å². The third-order valence-electron chi connectivity index (χ3n) is 4.70. The molecule has 1 unspecified atom stereocenters. The fraction of sp³-hybridized carbons (Fsp3) is 0.941. The maximum absolute atomic E-state index is 11.8. The second kappa shape index (κ2) is 7.81. The first-order chi connectivity index (χ1) is 10.7. The maximum Gasteiger partial charge on any atom is 0.407 e. The van der Waals surface area contributed by atoms with Gasteiger partial charge in [-0.15, -0.1) is 0 Å². The minimum Gasteiger partial charge on any atom is -0.444 e. The Hall–Kier alpha value is -0.850. The third-order valence-corrected chi connectivity index (χ3v) is 4.70. The monoisotopic (exact) mass is 328 g/mol. The van der Waals surface area contributed by atoms with Crippen molar-refractivity contribution >= 4 is 6.09 Å². The van der Waals surface area contributed by atoms with Crippen LogP contribution in [0.3, 0.4) is 0 Å². The molecule has 0 aromatic rings. The molecule has 4 N–H and O–H groups in total. The number of carbonyl (C=O) groups is 1. The van der Waals surface area contributed by atoms with E-state index in [1.165, 1.54) is 0 Å². The Kier molecular flexibility index (Phi) is 6.28. The zero-order valence-electron chi connectivity index (χ0n) is 14.5. The van der Waals surface area contributed by atoms with Crippen molar-refractivity contribution in [1.82, 2.24) is 10.6 Å². The minimum absolute atomic E-state index is 0.182. The van der Waals surface area contributed by atoms with Gasteiger partial charge in [-0.05, 0) is 65.7 Å². The van der Waals surface area contributed by atoms with Gasteiger partial charge in [-0.1, -0.05) is 0 Å². The summed E-state index contributed by atoms with van der Waals surface area (Å²) in [5.41, 5.74) is -0.463. The molecule has 23 heavy (non-hydrogen) atoms. The van der Waals surface area contributed by atoms with Gasteiger partial charge >= 0.3 is 6.09 Å². The van der Waals surface area contributed by atoms with Crippen molar-refractivity contribution < 1.29 is 19.7 Å². The summed E-state index contributed by atoms with van der Waals surface area (Å²) in [7, 11) is 0. The molecule has 6 heteroatoms. The molecule has 134 valence electrons. The van der Waals surface area contributed by atoms with Crippen molar-refractivity contribution in [3.8, 4) is 0 Å². The Morgan fingerprint density at radius 2 is 1.48 bits per heavy atom. The van der Waals surface area contributed by atoms with Crippen LogP contribution in [0.25, 0.3) is 0 Å². The largest absolute Gasteiger partial charge is 0.444 e. The van der Waals surface area contributed by atoms with E-state index in [1.54, 1.807) is 0 Å². The molecule has 2 rings (SSSR count). The second-order valence-electron chi connectivity index (χ2n) is 8.01. The number of aliphatic hydroxyl groups excluding tert-OH is 2. The molecule has 0 bridgehead atoms. The molecule has 0 aliphatic heterocycles. The van der Waals surface area contributed by atoms with E-state index in [1.807, 2.05) is 20.8 Å². The van der Waals surface area contributed by atoms with Crippen LogP contribution in [0.5, 0.6) is 0 Å². The molecule has 0 saturated heterocycles. The Morgan fingerprint density at radius 3 is 2.04 bits per heavy atom. The van der Waals surface area contributed by atoms with E-state index >= 15 is 0 Å². The topological polar surface area (TPSA) is 90.8 Å². The van der Waals surface area contributed by atoms with Crippen LogP contribution in [0.4, 0.5) is 4.79 Å². The number of ether oxygens (including phenoxy) is 1. The van der Waals surface area contributed by atoms with Gasteiger partial charge in [0.15, 0.2) is 0 Å². The van der Waals surface area contributed by atoms with E-state index in [4.69, 9.17) is 4.74 Å². The number of alkyl carbamates (subject to hydrolysis) is 1. The van der Waals surface area contributed by atoms with Gasteiger partial charge in [-0.3, -0.25) is 0 Å². The number of nitrogens with one attached hydrogen (secondary N) is 2. The summed E-state index contributed by atoms with van der Waals surface area (Å²) >= 11 is 0. The molecule has 0 heterocycles. The zero-order chi connectivity index (χ0) is 17.0. The van der Waals surface area contributed by atoms with Crippen molar-refractivity contribution in [2.45, 2.75) is 102 Å². The number of rotatable bonds is 3. The quantitative estimate of drug-likeness (QED) is 0.633. The van der Waals surface area contributed by atoms with E-state index in [0.717, 1.165) is 32.1 Å². The van der Waals surface area contributed by atoms with E-state index in [9.17, 15) is 15.0 Å². The van der Waals surface area contributed by atoms with Gasteiger partial charge in [0.2, 0.25) is 0 Å². The van der Waals surface area contributed by atoms with Gasteiger partial charge in [0.05, 0.1) is 12.2 Å². The molecule has 2 saturated carbocycles. The summed E-state index contributed by atoms with van der Waals surface area (Å²) in [4.78, 5) is 11.8. The van der Waals surface area contributed by atoms with Gasteiger partial charge in [0.1, 0.15) is 5.60 Å². The highest BCUT2D eigenvalue weighted by Gasteiger charge is 2.30. The standard InChI is InChI=1S/C17H32N2O4/c1-17(2,3)23-16(22)19-12-6-4-11(5-7-12)18-13-8-9-14(20)15(21)10-13/h11-15,18,20-21H,4-10H2,1-3H3,(H,19,22)/t11?,12?,13?,14-,15+/m1/s1. The van der Waals surface area contributed by atoms with Gasteiger partial charge in [0, 0.05) is 18.1 Å². The molecule has 3 atom stereocenters.